The fourth-order valence-corrected chi connectivity index (χ4v) is 9.67. The second-order valence-electron chi connectivity index (χ2n) is 18.9. The van der Waals surface area contributed by atoms with E-state index in [1.54, 1.807) is 16.7 Å². The number of hydrogen-bond donors (Lipinski definition) is 0. The first-order valence-corrected chi connectivity index (χ1v) is 23.7. The molecule has 0 aliphatic carbocycles. The van der Waals surface area contributed by atoms with Gasteiger partial charge in [-0.05, 0) is 78.9 Å². The summed E-state index contributed by atoms with van der Waals surface area (Å²) in [6, 6.07) is 55.0. The molecular weight excluding hydrogens is 870 g/mol. The predicted molar refractivity (Wildman–Crippen MR) is 268 cm³/mol. The molecule has 2 heterocycles. The molecule has 67 heavy (non-hydrogen) atoms. The second-order valence-corrected chi connectivity index (χ2v) is 21.3. The molecule has 7 aromatic rings. The summed E-state index contributed by atoms with van der Waals surface area (Å²) in [7, 11) is 0.0418. The number of rotatable bonds is 12. The first kappa shape index (κ1) is 46.9. The summed E-state index contributed by atoms with van der Waals surface area (Å²) in [6.45, 7) is 12.9. The molecule has 1 aliphatic heterocycles. The van der Waals surface area contributed by atoms with Gasteiger partial charge >= 0.3 is 6.09 Å². The molecule has 0 spiro atoms. The summed E-state index contributed by atoms with van der Waals surface area (Å²) < 4.78 is 15.0. The highest BCUT2D eigenvalue weighted by molar-refractivity contribution is 6.32. The van der Waals surface area contributed by atoms with Crippen LogP contribution in [0.1, 0.15) is 80.6 Å². The highest BCUT2D eigenvalue weighted by atomic mass is 35.5. The molecule has 0 saturated carbocycles. The zero-order valence-electron chi connectivity index (χ0n) is 38.7. The molecule has 1 aliphatic rings. The summed E-state index contributed by atoms with van der Waals surface area (Å²) in [5.74, 6) is -0.123. The Balaban J connectivity index is 1.28. The number of halogens is 1. The van der Waals surface area contributed by atoms with Crippen molar-refractivity contribution in [3.8, 4) is 6.07 Å². The van der Waals surface area contributed by atoms with E-state index in [4.69, 9.17) is 25.8 Å². The number of fused-ring (bicyclic) bond motifs is 1. The van der Waals surface area contributed by atoms with E-state index in [1.807, 2.05) is 153 Å². The summed E-state index contributed by atoms with van der Waals surface area (Å²) in [4.78, 5) is 38.6. The van der Waals surface area contributed by atoms with Crippen LogP contribution in [-0.4, -0.2) is 66.6 Å². The van der Waals surface area contributed by atoms with Crippen LogP contribution >= 0.6 is 11.6 Å². The Bertz CT molecular complexity index is 2860. The smallest absolute Gasteiger partial charge is 0.419 e. The van der Waals surface area contributed by atoms with Gasteiger partial charge in [0.2, 0.25) is 15.7 Å². The van der Waals surface area contributed by atoms with Crippen LogP contribution < -0.4 is 0 Å². The minimum Gasteiger partial charge on any atom is -0.443 e. The van der Waals surface area contributed by atoms with Crippen molar-refractivity contribution in [2.75, 3.05) is 13.1 Å². The van der Waals surface area contributed by atoms with E-state index in [-0.39, 0.29) is 40.3 Å². The van der Waals surface area contributed by atoms with Crippen molar-refractivity contribution in [3.63, 3.8) is 0 Å². The van der Waals surface area contributed by atoms with E-state index in [1.165, 1.54) is 0 Å². The van der Waals surface area contributed by atoms with E-state index in [9.17, 15) is 10.1 Å². The molecule has 6 aromatic carbocycles. The Morgan fingerprint density at radius 2 is 1.34 bits per heavy atom. The van der Waals surface area contributed by atoms with Crippen molar-refractivity contribution in [3.05, 3.63) is 208 Å². The number of ether oxygens (including phenoxy) is 1. The molecule has 338 valence electrons. The van der Waals surface area contributed by atoms with Gasteiger partial charge in [0.05, 0.1) is 35.1 Å². The largest absolute Gasteiger partial charge is 0.443 e. The molecule has 1 fully saturated rings. The third-order valence-electron chi connectivity index (χ3n) is 11.5. The Morgan fingerprint density at radius 3 is 1.90 bits per heavy atom. The van der Waals surface area contributed by atoms with Gasteiger partial charge in [0.15, 0.2) is 0 Å². The summed E-state index contributed by atoms with van der Waals surface area (Å²) >= 11 is 6.49. The first-order chi connectivity index (χ1) is 32.1. The lowest BCUT2D eigenvalue weighted by molar-refractivity contribution is -0.149. The van der Waals surface area contributed by atoms with E-state index in [0.717, 1.165) is 38.9 Å². The molecule has 1 aromatic heterocycles. The minimum absolute atomic E-state index is 0.0418. The Morgan fingerprint density at radius 1 is 0.761 bits per heavy atom. The molecule has 1 atom stereocenters. The Kier molecular flexibility index (Phi) is 13.8. The third kappa shape index (κ3) is 10.7. The number of nitriles is 1. The number of aromatic nitrogens is 1. The lowest BCUT2D eigenvalue weighted by atomic mass is 9.78. The van der Waals surface area contributed by atoms with Crippen LogP contribution in [0.25, 0.3) is 10.9 Å². The number of piperazine rings is 1. The number of carbonyl (C=O) groups excluding carboxylic acids is 2. The van der Waals surface area contributed by atoms with Gasteiger partial charge in [-0.25, -0.2) is 14.4 Å². The molecule has 0 bridgehead atoms. The molecule has 2 radical (unpaired) electrons. The lowest BCUT2D eigenvalue weighted by Gasteiger charge is -2.51. The molecule has 8 rings (SSSR count). The topological polar surface area (TPSA) is 100 Å². The van der Waals surface area contributed by atoms with Gasteiger partial charge in [-0.1, -0.05) is 160 Å². The van der Waals surface area contributed by atoms with Crippen molar-refractivity contribution < 1.29 is 18.8 Å². The van der Waals surface area contributed by atoms with Crippen LogP contribution in [0.4, 0.5) is 10.5 Å². The highest BCUT2D eigenvalue weighted by Crippen LogP contribution is 2.44. The van der Waals surface area contributed by atoms with Crippen LogP contribution in [0.3, 0.4) is 0 Å². The second kappa shape index (κ2) is 19.7. The quantitative estimate of drug-likeness (QED) is 0.0894. The molecular formula is C56H54ClN5O4Si. The van der Waals surface area contributed by atoms with Gasteiger partial charge in [-0.15, -0.1) is 0 Å². The molecule has 0 N–H and O–H groups in total. The van der Waals surface area contributed by atoms with Crippen LogP contribution in [-0.2, 0) is 32.6 Å². The van der Waals surface area contributed by atoms with Gasteiger partial charge in [0.1, 0.15) is 17.3 Å². The molecule has 9 nitrogen and oxygen atoms in total. The monoisotopic (exact) mass is 923 g/mol. The fourth-order valence-electron chi connectivity index (χ4n) is 8.65. The first-order valence-electron chi connectivity index (χ1n) is 22.5. The van der Waals surface area contributed by atoms with Crippen LogP contribution in [0, 0.1) is 11.3 Å². The van der Waals surface area contributed by atoms with Gasteiger partial charge < -0.3 is 14.1 Å². The van der Waals surface area contributed by atoms with Gasteiger partial charge in [0.25, 0.3) is 0 Å². The minimum atomic E-state index is -1.16. The number of aliphatic imine (C=N–C) groups is 1. The normalized spacial score (nSPS) is 14.7. The van der Waals surface area contributed by atoms with E-state index in [2.05, 4.69) is 56.0 Å². The number of hydrogen-bond acceptors (Lipinski definition) is 7. The number of benzene rings is 6. The number of carbonyl (C=O) groups is 2. The standard InChI is InChI=1S/C56H54ClN5O4Si/c1-54(2,3)65-53(64)62-47(33-43-32-46(57)29-30-49(43)62)36-60-37-50(56(66-67-55(4,5)6,44-23-15-9-16-24-44)45-25-17-10-18-26-45)61(51(63)38-60)35-39-27-28-42(34-58)48(31-39)59-52(40-19-11-7-12-20-40)41-21-13-8-14-22-41/h7-33,50H,35-38H2,1-6H3/t50-/m1/s1. The Hall–Kier alpha value is -6.61. The molecule has 11 heteroatoms. The van der Waals surface area contributed by atoms with Crippen LogP contribution in [0.15, 0.2) is 169 Å². The summed E-state index contributed by atoms with van der Waals surface area (Å²) in [6.07, 6.45) is -0.513. The predicted octanol–water partition coefficient (Wildman–Crippen LogP) is 12.1. The van der Waals surface area contributed by atoms with Crippen molar-refractivity contribution in [2.24, 2.45) is 4.99 Å². The molecule has 1 amide bonds. The average molecular weight is 925 g/mol. The maximum atomic E-state index is 15.3. The molecule has 1 saturated heterocycles. The van der Waals surface area contributed by atoms with Crippen molar-refractivity contribution in [1.82, 2.24) is 14.4 Å². The van der Waals surface area contributed by atoms with Crippen molar-refractivity contribution in [2.45, 2.75) is 76.9 Å². The summed E-state index contributed by atoms with van der Waals surface area (Å²) in [5, 5.41) is 11.5. The van der Waals surface area contributed by atoms with E-state index in [0.29, 0.717) is 34.0 Å². The summed E-state index contributed by atoms with van der Waals surface area (Å²) in [5.41, 5.74) is 5.51. The Labute approximate surface area is 401 Å². The number of amides is 1. The van der Waals surface area contributed by atoms with Crippen LogP contribution in [0.2, 0.25) is 10.1 Å². The fraction of sp³-hybridized carbons (Fsp3) is 0.250. The average Bonchev–Trinajstić information content (AvgIpc) is 3.66. The van der Waals surface area contributed by atoms with Crippen molar-refractivity contribution >= 4 is 55.7 Å². The maximum absolute atomic E-state index is 15.3. The maximum Gasteiger partial charge on any atom is 0.419 e. The lowest BCUT2D eigenvalue weighted by Crippen LogP contribution is -2.64. The van der Waals surface area contributed by atoms with Gasteiger partial charge in [-0.3, -0.25) is 9.69 Å². The van der Waals surface area contributed by atoms with Gasteiger partial charge in [0, 0.05) is 46.9 Å². The zero-order valence-corrected chi connectivity index (χ0v) is 40.5. The van der Waals surface area contributed by atoms with Crippen LogP contribution in [0.5, 0.6) is 0 Å². The zero-order chi connectivity index (χ0) is 47.3. The SMILES string of the molecule is CC(C)(C)OC(=O)n1c(CN2CC(=O)N(Cc3ccc(C#N)c(N=C(c4ccccc4)c4ccccc4)c3)[C@@H](C(O[Si]C(C)(C)C)(c3ccccc3)c3ccccc3)C2)cc2cc(Cl)ccc21. The van der Waals surface area contributed by atoms with E-state index < -0.39 is 23.3 Å². The highest BCUT2D eigenvalue weighted by Gasteiger charge is 2.51. The number of nitrogens with zero attached hydrogens (tertiary/aromatic N) is 5. The third-order valence-corrected chi connectivity index (χ3v) is 12.8. The van der Waals surface area contributed by atoms with Crippen molar-refractivity contribution in [1.29, 1.82) is 5.26 Å². The molecule has 0 unspecified atom stereocenters. The van der Waals surface area contributed by atoms with E-state index >= 15 is 4.79 Å². The van der Waals surface area contributed by atoms with Gasteiger partial charge in [-0.2, -0.15) is 5.26 Å².